The van der Waals surface area contributed by atoms with Gasteiger partial charge in [-0.2, -0.15) is 4.98 Å². The quantitative estimate of drug-likeness (QED) is 0.461. The van der Waals surface area contributed by atoms with Gasteiger partial charge in [0.2, 0.25) is 5.95 Å². The lowest BCUT2D eigenvalue weighted by Crippen LogP contribution is -2.46. The van der Waals surface area contributed by atoms with Gasteiger partial charge in [0, 0.05) is 42.8 Å². The molecule has 10 heteroatoms. The fraction of sp³-hybridized carbons (Fsp3) is 0.320. The molecule has 0 saturated carbocycles. The van der Waals surface area contributed by atoms with E-state index >= 15 is 0 Å². The van der Waals surface area contributed by atoms with Crippen LogP contribution >= 0.6 is 23.4 Å². The molecule has 1 aliphatic heterocycles. The molecule has 1 aliphatic carbocycles. The predicted octanol–water partition coefficient (Wildman–Crippen LogP) is 2.97. The van der Waals surface area contributed by atoms with Gasteiger partial charge in [-0.15, -0.1) is 6.42 Å². The van der Waals surface area contributed by atoms with Crippen molar-refractivity contribution in [2.45, 2.75) is 35.1 Å². The van der Waals surface area contributed by atoms with E-state index in [4.69, 9.17) is 35.2 Å². The highest BCUT2D eigenvalue weighted by Crippen LogP contribution is 2.51. The number of nitrogens with two attached hydrogens (primary N) is 3. The number of terminal acetylenes is 1. The molecule has 3 heterocycles. The number of pyridine rings is 1. The molecule has 6 N–H and O–H groups in total. The number of anilines is 3. The molecule has 180 valence electrons. The van der Waals surface area contributed by atoms with Crippen molar-refractivity contribution in [3.8, 4) is 12.3 Å². The third kappa shape index (κ3) is 3.92. The Hall–Kier alpha value is -3.19. The number of rotatable bonds is 3. The molecule has 0 radical (unpaired) electrons. The second kappa shape index (κ2) is 8.79. The van der Waals surface area contributed by atoms with Crippen LogP contribution in [0.2, 0.25) is 5.02 Å². The van der Waals surface area contributed by atoms with E-state index in [0.717, 1.165) is 49.7 Å². The molecule has 3 aromatic rings. The smallest absolute Gasteiger partial charge is 0.270 e. The normalized spacial score (nSPS) is 18.5. The molecular weight excluding hydrogens is 482 g/mol. The Morgan fingerprint density at radius 2 is 1.97 bits per heavy atom. The van der Waals surface area contributed by atoms with E-state index in [9.17, 15) is 4.79 Å². The zero-order valence-corrected chi connectivity index (χ0v) is 20.9. The van der Waals surface area contributed by atoms with Crippen LogP contribution in [0.1, 0.15) is 35.6 Å². The maximum atomic E-state index is 13.2. The molecular formula is C25H26ClN7OS. The second-order valence-electron chi connectivity index (χ2n) is 9.16. The summed E-state index contributed by atoms with van der Waals surface area (Å²) in [5.41, 5.74) is 21.8. The third-order valence-corrected chi connectivity index (χ3v) is 8.89. The van der Waals surface area contributed by atoms with Crippen LogP contribution in [0.25, 0.3) is 0 Å². The summed E-state index contributed by atoms with van der Waals surface area (Å²) in [6, 6.07) is 7.77. The fourth-order valence-electron chi connectivity index (χ4n) is 5.21. The molecule has 1 spiro atoms. The summed E-state index contributed by atoms with van der Waals surface area (Å²) in [4.78, 5) is 24.8. The van der Waals surface area contributed by atoms with Gasteiger partial charge < -0.3 is 22.1 Å². The Kier molecular flexibility index (Phi) is 5.91. The molecule has 1 atom stereocenters. The zero-order valence-electron chi connectivity index (χ0n) is 19.3. The average molecular weight is 508 g/mol. The van der Waals surface area contributed by atoms with Gasteiger partial charge in [-0.05, 0) is 54.0 Å². The second-order valence-corrected chi connectivity index (χ2v) is 10.6. The highest BCUT2D eigenvalue weighted by molar-refractivity contribution is 7.99. The van der Waals surface area contributed by atoms with Gasteiger partial charge in [0.25, 0.3) is 5.56 Å². The first kappa shape index (κ1) is 23.5. The van der Waals surface area contributed by atoms with Crippen molar-refractivity contribution in [2.24, 2.45) is 18.2 Å². The summed E-state index contributed by atoms with van der Waals surface area (Å²) in [5, 5.41) is 0.285. The standard InChI is InChI=1S/C25H26ClN7OS/c1-3-14-4-5-16-15(12-14)13-25(20(16)27)7-10-33(11-8-25)24-31-22(29)19(23(34)32(24)2)35-17-6-9-30-21(28)18(17)26/h1,4-6,9,12,20H,7-8,10-11,13,27,29H2,2H3,(H2,28,30)/t20-/m1/s1. The number of halogens is 1. The van der Waals surface area contributed by atoms with Gasteiger partial charge in [0.15, 0.2) is 0 Å². The lowest BCUT2D eigenvalue weighted by Gasteiger charge is -2.42. The first-order valence-electron chi connectivity index (χ1n) is 11.3. The van der Waals surface area contributed by atoms with Crippen molar-refractivity contribution in [1.29, 1.82) is 0 Å². The van der Waals surface area contributed by atoms with Gasteiger partial charge >= 0.3 is 0 Å². The van der Waals surface area contributed by atoms with Crippen LogP contribution in [0.3, 0.4) is 0 Å². The number of nitrogen functional groups attached to an aromatic ring is 2. The number of fused-ring (bicyclic) bond motifs is 1. The lowest BCUT2D eigenvalue weighted by molar-refractivity contribution is 0.186. The van der Waals surface area contributed by atoms with Crippen molar-refractivity contribution in [3.63, 3.8) is 0 Å². The van der Waals surface area contributed by atoms with Gasteiger partial charge in [-0.25, -0.2) is 4.98 Å². The molecule has 0 unspecified atom stereocenters. The Morgan fingerprint density at radius 3 is 2.69 bits per heavy atom. The van der Waals surface area contributed by atoms with Crippen LogP contribution < -0.4 is 27.7 Å². The highest BCUT2D eigenvalue weighted by Gasteiger charge is 2.46. The summed E-state index contributed by atoms with van der Waals surface area (Å²) in [6.07, 6.45) is 9.80. The molecule has 1 fully saturated rings. The van der Waals surface area contributed by atoms with E-state index in [1.165, 1.54) is 21.9 Å². The molecule has 0 amide bonds. The molecule has 2 aromatic heterocycles. The van der Waals surface area contributed by atoms with Crippen molar-refractivity contribution in [1.82, 2.24) is 14.5 Å². The number of nitrogens with zero attached hydrogens (tertiary/aromatic N) is 4. The van der Waals surface area contributed by atoms with Crippen LogP contribution in [0.4, 0.5) is 17.6 Å². The monoisotopic (exact) mass is 507 g/mol. The van der Waals surface area contributed by atoms with E-state index in [1.807, 2.05) is 6.07 Å². The van der Waals surface area contributed by atoms with E-state index in [1.54, 1.807) is 13.1 Å². The summed E-state index contributed by atoms with van der Waals surface area (Å²) in [6.45, 7) is 1.45. The minimum Gasteiger partial charge on any atom is -0.382 e. The van der Waals surface area contributed by atoms with Gasteiger partial charge in [-0.1, -0.05) is 35.3 Å². The van der Waals surface area contributed by atoms with Crippen LogP contribution in [0.5, 0.6) is 0 Å². The molecule has 5 rings (SSSR count). The largest absolute Gasteiger partial charge is 0.382 e. The number of hydrogen-bond acceptors (Lipinski definition) is 8. The van der Waals surface area contributed by atoms with Crippen molar-refractivity contribution in [3.05, 3.63) is 62.5 Å². The molecule has 0 bridgehead atoms. The SMILES string of the molecule is C#Cc1ccc2c(c1)CC1(CCN(c3nc(N)c(Sc4ccnc(N)c4Cl)c(=O)n3C)CC1)[C@@H]2N. The van der Waals surface area contributed by atoms with E-state index in [-0.39, 0.29) is 33.7 Å². The number of aromatic nitrogens is 3. The molecule has 35 heavy (non-hydrogen) atoms. The van der Waals surface area contributed by atoms with E-state index in [2.05, 4.69) is 32.9 Å². The lowest BCUT2D eigenvalue weighted by atomic mass is 9.73. The van der Waals surface area contributed by atoms with Crippen LogP contribution in [-0.2, 0) is 13.5 Å². The van der Waals surface area contributed by atoms with Gasteiger partial charge in [0.05, 0.1) is 5.02 Å². The first-order chi connectivity index (χ1) is 16.7. The Balaban J connectivity index is 1.37. The van der Waals surface area contributed by atoms with Crippen molar-refractivity contribution < 1.29 is 0 Å². The Morgan fingerprint density at radius 1 is 1.23 bits per heavy atom. The summed E-state index contributed by atoms with van der Waals surface area (Å²) < 4.78 is 1.54. The fourth-order valence-corrected chi connectivity index (χ4v) is 6.35. The van der Waals surface area contributed by atoms with E-state index < -0.39 is 0 Å². The molecule has 1 aromatic carbocycles. The van der Waals surface area contributed by atoms with Gasteiger partial charge in [-0.3, -0.25) is 9.36 Å². The number of piperidine rings is 1. The van der Waals surface area contributed by atoms with Crippen molar-refractivity contribution in [2.75, 3.05) is 29.5 Å². The van der Waals surface area contributed by atoms with Crippen LogP contribution in [0, 0.1) is 17.8 Å². The summed E-state index contributed by atoms with van der Waals surface area (Å²) in [7, 11) is 1.71. The summed E-state index contributed by atoms with van der Waals surface area (Å²) in [5.74, 6) is 3.62. The average Bonchev–Trinajstić information content (AvgIpc) is 3.12. The van der Waals surface area contributed by atoms with Crippen molar-refractivity contribution >= 4 is 40.9 Å². The predicted molar refractivity (Wildman–Crippen MR) is 141 cm³/mol. The zero-order chi connectivity index (χ0) is 24.9. The maximum Gasteiger partial charge on any atom is 0.270 e. The van der Waals surface area contributed by atoms with Gasteiger partial charge in [0.1, 0.15) is 16.5 Å². The highest BCUT2D eigenvalue weighted by atomic mass is 35.5. The summed E-state index contributed by atoms with van der Waals surface area (Å²) >= 11 is 7.40. The molecule has 1 saturated heterocycles. The minimum absolute atomic E-state index is 0.0235. The van der Waals surface area contributed by atoms with E-state index in [0.29, 0.717) is 15.7 Å². The van der Waals surface area contributed by atoms with Crippen LogP contribution in [-0.4, -0.2) is 27.6 Å². The number of benzene rings is 1. The van der Waals surface area contributed by atoms with Crippen LogP contribution in [0.15, 0.2) is 45.0 Å². The molecule has 2 aliphatic rings. The third-order valence-electron chi connectivity index (χ3n) is 7.23. The number of hydrogen-bond donors (Lipinski definition) is 3. The minimum atomic E-state index is -0.240. The topological polar surface area (TPSA) is 129 Å². The molecule has 8 nitrogen and oxygen atoms in total. The first-order valence-corrected chi connectivity index (χ1v) is 12.5. The Labute approximate surface area is 212 Å². The Bertz CT molecular complexity index is 1420. The maximum absolute atomic E-state index is 13.2.